The first-order valence-corrected chi connectivity index (χ1v) is 8.98. The third-order valence-corrected chi connectivity index (χ3v) is 4.76. The predicted molar refractivity (Wildman–Crippen MR) is 103 cm³/mol. The van der Waals surface area contributed by atoms with Gasteiger partial charge in [0.25, 0.3) is 0 Å². The number of aromatic nitrogens is 2. The molecule has 122 valence electrons. The Hall–Kier alpha value is -2.98. The second-order valence-corrected chi connectivity index (χ2v) is 6.72. The predicted octanol–water partition coefficient (Wildman–Crippen LogP) is 4.89. The van der Waals surface area contributed by atoms with Crippen molar-refractivity contribution in [3.8, 4) is 11.4 Å². The molecule has 0 unspecified atom stereocenters. The summed E-state index contributed by atoms with van der Waals surface area (Å²) in [7, 11) is 0. The molecule has 0 aliphatic rings. The van der Waals surface area contributed by atoms with E-state index < -0.39 is 0 Å². The molecule has 25 heavy (non-hydrogen) atoms. The Balaban J connectivity index is 1.70. The SMILES string of the molecule is c1ccc(C[n+]2sc(Nc3ccccc3)nc2-c2ccccc2)cc1. The summed E-state index contributed by atoms with van der Waals surface area (Å²) in [6, 6.07) is 30.9. The van der Waals surface area contributed by atoms with E-state index in [9.17, 15) is 0 Å². The van der Waals surface area contributed by atoms with Gasteiger partial charge in [-0.3, -0.25) is 0 Å². The molecule has 0 radical (unpaired) electrons. The minimum atomic E-state index is 0.805. The quantitative estimate of drug-likeness (QED) is 0.522. The highest BCUT2D eigenvalue weighted by molar-refractivity contribution is 7.06. The third kappa shape index (κ3) is 3.75. The van der Waals surface area contributed by atoms with Crippen molar-refractivity contribution in [1.82, 2.24) is 4.98 Å². The molecule has 1 N–H and O–H groups in total. The zero-order valence-electron chi connectivity index (χ0n) is 13.7. The fourth-order valence-corrected chi connectivity index (χ4v) is 3.61. The average molecular weight is 344 g/mol. The first-order valence-electron chi connectivity index (χ1n) is 8.21. The van der Waals surface area contributed by atoms with Gasteiger partial charge in [0.1, 0.15) is 18.1 Å². The molecule has 0 aliphatic heterocycles. The van der Waals surface area contributed by atoms with E-state index in [1.54, 1.807) is 11.5 Å². The van der Waals surface area contributed by atoms with Crippen LogP contribution in [0.2, 0.25) is 0 Å². The Morgan fingerprint density at radius 2 is 1.36 bits per heavy atom. The smallest absolute Gasteiger partial charge is 0.308 e. The number of nitrogens with one attached hydrogen (secondary N) is 1. The number of hydrogen-bond donors (Lipinski definition) is 1. The van der Waals surface area contributed by atoms with Gasteiger partial charge in [-0.25, -0.2) is 0 Å². The van der Waals surface area contributed by atoms with Crippen molar-refractivity contribution < 1.29 is 3.96 Å². The number of para-hydroxylation sites is 1. The van der Waals surface area contributed by atoms with Gasteiger partial charge in [0, 0.05) is 5.69 Å². The van der Waals surface area contributed by atoms with Crippen LogP contribution in [0.5, 0.6) is 0 Å². The zero-order chi connectivity index (χ0) is 16.9. The molecule has 0 amide bonds. The highest BCUT2D eigenvalue weighted by atomic mass is 32.1. The Morgan fingerprint density at radius 3 is 2.04 bits per heavy atom. The largest absolute Gasteiger partial charge is 0.345 e. The summed E-state index contributed by atoms with van der Waals surface area (Å²) in [5.74, 6) is 0.980. The molecular formula is C21H18N3S+. The van der Waals surface area contributed by atoms with Crippen LogP contribution in [-0.4, -0.2) is 4.98 Å². The molecule has 0 spiro atoms. The molecule has 3 nitrogen and oxygen atoms in total. The van der Waals surface area contributed by atoms with Crippen molar-refractivity contribution in [2.24, 2.45) is 0 Å². The summed E-state index contributed by atoms with van der Waals surface area (Å²) in [6.45, 7) is 0.805. The molecular weight excluding hydrogens is 326 g/mol. The van der Waals surface area contributed by atoms with Gasteiger partial charge in [0.15, 0.2) is 0 Å². The highest BCUT2D eigenvalue weighted by Gasteiger charge is 2.23. The van der Waals surface area contributed by atoms with Crippen LogP contribution in [0.1, 0.15) is 5.56 Å². The first-order chi connectivity index (χ1) is 12.4. The second kappa shape index (κ2) is 7.28. The molecule has 4 aromatic rings. The van der Waals surface area contributed by atoms with Crippen LogP contribution < -0.4 is 9.27 Å². The molecule has 4 rings (SSSR count). The van der Waals surface area contributed by atoms with Gasteiger partial charge in [-0.05, 0) is 34.8 Å². The number of benzene rings is 3. The van der Waals surface area contributed by atoms with E-state index in [0.29, 0.717) is 0 Å². The van der Waals surface area contributed by atoms with Crippen molar-refractivity contribution in [2.45, 2.75) is 6.54 Å². The Kier molecular flexibility index (Phi) is 4.53. The number of anilines is 2. The molecule has 4 heteroatoms. The molecule has 0 saturated heterocycles. The normalized spacial score (nSPS) is 10.6. The Bertz CT molecular complexity index is 935. The average Bonchev–Trinajstić information content (AvgIpc) is 3.06. The summed E-state index contributed by atoms with van der Waals surface area (Å²) in [6.07, 6.45) is 0. The second-order valence-electron chi connectivity index (χ2n) is 5.71. The van der Waals surface area contributed by atoms with Crippen LogP contribution in [0.15, 0.2) is 91.0 Å². The minimum absolute atomic E-state index is 0.805. The maximum absolute atomic E-state index is 4.84. The molecule has 1 aromatic heterocycles. The van der Waals surface area contributed by atoms with Crippen LogP contribution in [-0.2, 0) is 6.54 Å². The van der Waals surface area contributed by atoms with E-state index in [0.717, 1.165) is 28.8 Å². The summed E-state index contributed by atoms with van der Waals surface area (Å²) in [5, 5.41) is 4.30. The molecule has 0 saturated carbocycles. The Morgan fingerprint density at radius 1 is 0.760 bits per heavy atom. The van der Waals surface area contributed by atoms with Gasteiger partial charge in [-0.2, -0.15) is 3.96 Å². The summed E-state index contributed by atoms with van der Waals surface area (Å²) in [5.41, 5.74) is 3.43. The molecule has 0 fully saturated rings. The van der Waals surface area contributed by atoms with Gasteiger partial charge in [-0.15, -0.1) is 0 Å². The van der Waals surface area contributed by atoms with Gasteiger partial charge >= 0.3 is 11.0 Å². The highest BCUT2D eigenvalue weighted by Crippen LogP contribution is 2.23. The third-order valence-electron chi connectivity index (χ3n) is 3.87. The van der Waals surface area contributed by atoms with Crippen molar-refractivity contribution in [3.63, 3.8) is 0 Å². The first kappa shape index (κ1) is 15.5. The zero-order valence-corrected chi connectivity index (χ0v) is 14.5. The summed E-state index contributed by atoms with van der Waals surface area (Å²) < 4.78 is 2.23. The van der Waals surface area contributed by atoms with Crippen molar-refractivity contribution in [1.29, 1.82) is 0 Å². The van der Waals surface area contributed by atoms with E-state index in [4.69, 9.17) is 4.98 Å². The van der Waals surface area contributed by atoms with E-state index >= 15 is 0 Å². The molecule has 0 bridgehead atoms. The van der Waals surface area contributed by atoms with Crippen LogP contribution >= 0.6 is 11.5 Å². The maximum atomic E-state index is 4.84. The van der Waals surface area contributed by atoms with Crippen molar-refractivity contribution in [2.75, 3.05) is 5.32 Å². The number of hydrogen-bond acceptors (Lipinski definition) is 3. The van der Waals surface area contributed by atoms with E-state index in [1.165, 1.54) is 5.56 Å². The maximum Gasteiger partial charge on any atom is 0.345 e. The lowest BCUT2D eigenvalue weighted by molar-refractivity contribution is -0.610. The number of nitrogens with zero attached hydrogens (tertiary/aromatic N) is 2. The van der Waals surface area contributed by atoms with Crippen LogP contribution in [0.4, 0.5) is 10.8 Å². The fraction of sp³-hybridized carbons (Fsp3) is 0.0476. The van der Waals surface area contributed by atoms with Crippen LogP contribution in [0, 0.1) is 0 Å². The lowest BCUT2D eigenvalue weighted by Gasteiger charge is -1.99. The molecule has 0 atom stereocenters. The molecule has 3 aromatic carbocycles. The van der Waals surface area contributed by atoms with Gasteiger partial charge in [0.2, 0.25) is 0 Å². The van der Waals surface area contributed by atoms with Crippen molar-refractivity contribution >= 4 is 22.4 Å². The Labute approximate surface area is 151 Å². The molecule has 1 heterocycles. The molecule has 0 aliphatic carbocycles. The van der Waals surface area contributed by atoms with Crippen LogP contribution in [0.3, 0.4) is 0 Å². The lowest BCUT2D eigenvalue weighted by atomic mass is 10.2. The summed E-state index contributed by atoms with van der Waals surface area (Å²) in [4.78, 5) is 4.84. The number of rotatable bonds is 5. The minimum Gasteiger partial charge on any atom is -0.308 e. The van der Waals surface area contributed by atoms with E-state index in [1.807, 2.05) is 54.6 Å². The fourth-order valence-electron chi connectivity index (χ4n) is 2.67. The van der Waals surface area contributed by atoms with Gasteiger partial charge < -0.3 is 5.32 Å². The standard InChI is InChI=1S/C21H17N3S/c1-4-10-17(11-5-1)16-24-20(18-12-6-2-7-13-18)23-21(25-24)22-19-14-8-3-9-15-19/h1-15H,16H2/p+1. The van der Waals surface area contributed by atoms with Crippen molar-refractivity contribution in [3.05, 3.63) is 96.6 Å². The van der Waals surface area contributed by atoms with Gasteiger partial charge in [-0.1, -0.05) is 66.7 Å². The monoisotopic (exact) mass is 344 g/mol. The van der Waals surface area contributed by atoms with E-state index in [-0.39, 0.29) is 0 Å². The van der Waals surface area contributed by atoms with E-state index in [2.05, 4.69) is 45.7 Å². The topological polar surface area (TPSA) is 28.8 Å². The van der Waals surface area contributed by atoms with Crippen LogP contribution in [0.25, 0.3) is 11.4 Å². The van der Waals surface area contributed by atoms with Gasteiger partial charge in [0.05, 0.1) is 5.56 Å². The lowest BCUT2D eigenvalue weighted by Crippen LogP contribution is -2.31. The summed E-state index contributed by atoms with van der Waals surface area (Å²) >= 11 is 1.64.